The van der Waals surface area contributed by atoms with Gasteiger partial charge in [-0.05, 0) is 44.5 Å². The van der Waals surface area contributed by atoms with Crippen LogP contribution in [0.1, 0.15) is 18.4 Å². The zero-order valence-corrected chi connectivity index (χ0v) is 12.5. The third-order valence-corrected chi connectivity index (χ3v) is 4.03. The van der Waals surface area contributed by atoms with Crippen molar-refractivity contribution in [3.63, 3.8) is 0 Å². The first kappa shape index (κ1) is 14.8. The van der Waals surface area contributed by atoms with Gasteiger partial charge < -0.3 is 9.80 Å². The molecule has 2 nitrogen and oxygen atoms in total. The molecule has 1 aromatic carbocycles. The summed E-state index contributed by atoms with van der Waals surface area (Å²) in [5.74, 6) is 0.758. The topological polar surface area (TPSA) is 6.48 Å². The molecule has 19 heavy (non-hydrogen) atoms. The van der Waals surface area contributed by atoms with Crippen LogP contribution in [0.5, 0.6) is 0 Å². The highest BCUT2D eigenvalue weighted by Crippen LogP contribution is 2.07. The van der Waals surface area contributed by atoms with Crippen LogP contribution in [0.4, 0.5) is 0 Å². The van der Waals surface area contributed by atoms with Crippen molar-refractivity contribution in [2.75, 3.05) is 45.1 Å². The lowest BCUT2D eigenvalue weighted by molar-refractivity contribution is 0.262. The Morgan fingerprint density at radius 1 is 0.895 bits per heavy atom. The standard InChI is InChI=1S/C16H25ClN2/c17-9-13-19-12-5-11-18(14-15-19)10-4-8-16-6-2-1-3-7-16/h1-3,6-7H,4-5,8-15H2. The second kappa shape index (κ2) is 8.57. The molecule has 0 bridgehead atoms. The fraction of sp³-hybridized carbons (Fsp3) is 0.625. The first-order valence-electron chi connectivity index (χ1n) is 7.43. The molecule has 3 heteroatoms. The molecule has 0 aromatic heterocycles. The predicted octanol–water partition coefficient (Wildman–Crippen LogP) is 2.87. The van der Waals surface area contributed by atoms with Gasteiger partial charge in [0.25, 0.3) is 0 Å². The van der Waals surface area contributed by atoms with Gasteiger partial charge in [-0.2, -0.15) is 0 Å². The summed E-state index contributed by atoms with van der Waals surface area (Å²) in [6.45, 7) is 7.10. The quantitative estimate of drug-likeness (QED) is 0.740. The molecule has 106 valence electrons. The van der Waals surface area contributed by atoms with Crippen LogP contribution in [0, 0.1) is 0 Å². The zero-order chi connectivity index (χ0) is 13.3. The van der Waals surface area contributed by atoms with Crippen LogP contribution in [0.3, 0.4) is 0 Å². The minimum Gasteiger partial charge on any atom is -0.302 e. The van der Waals surface area contributed by atoms with Crippen molar-refractivity contribution in [3.05, 3.63) is 35.9 Å². The number of nitrogens with zero attached hydrogens (tertiary/aromatic N) is 2. The normalized spacial score (nSPS) is 18.4. The van der Waals surface area contributed by atoms with E-state index in [0.717, 1.165) is 12.4 Å². The summed E-state index contributed by atoms with van der Waals surface area (Å²) in [5.41, 5.74) is 1.46. The van der Waals surface area contributed by atoms with E-state index in [2.05, 4.69) is 40.1 Å². The van der Waals surface area contributed by atoms with E-state index in [-0.39, 0.29) is 0 Å². The van der Waals surface area contributed by atoms with Crippen molar-refractivity contribution in [2.45, 2.75) is 19.3 Å². The van der Waals surface area contributed by atoms with E-state index in [1.807, 2.05) is 0 Å². The molecule has 0 aliphatic carbocycles. The summed E-state index contributed by atoms with van der Waals surface area (Å²) in [6, 6.07) is 10.8. The van der Waals surface area contributed by atoms with Gasteiger partial charge in [0.15, 0.2) is 0 Å². The summed E-state index contributed by atoms with van der Waals surface area (Å²) < 4.78 is 0. The summed E-state index contributed by atoms with van der Waals surface area (Å²) in [4.78, 5) is 5.10. The average molecular weight is 281 g/mol. The third-order valence-electron chi connectivity index (χ3n) is 3.86. The van der Waals surface area contributed by atoms with Crippen molar-refractivity contribution in [1.29, 1.82) is 0 Å². The monoisotopic (exact) mass is 280 g/mol. The summed E-state index contributed by atoms with van der Waals surface area (Å²) in [5, 5.41) is 0. The predicted molar refractivity (Wildman–Crippen MR) is 83.0 cm³/mol. The van der Waals surface area contributed by atoms with Crippen LogP contribution in [0.25, 0.3) is 0 Å². The Morgan fingerprint density at radius 2 is 1.58 bits per heavy atom. The molecule has 0 saturated carbocycles. The molecular formula is C16H25ClN2. The molecule has 0 N–H and O–H groups in total. The number of halogens is 1. The van der Waals surface area contributed by atoms with Crippen LogP contribution < -0.4 is 0 Å². The highest BCUT2D eigenvalue weighted by molar-refractivity contribution is 6.18. The van der Waals surface area contributed by atoms with Crippen LogP contribution in [0.15, 0.2) is 30.3 Å². The lowest BCUT2D eigenvalue weighted by atomic mass is 10.1. The van der Waals surface area contributed by atoms with E-state index < -0.39 is 0 Å². The van der Waals surface area contributed by atoms with Gasteiger partial charge in [-0.15, -0.1) is 11.6 Å². The summed E-state index contributed by atoms with van der Waals surface area (Å²) in [7, 11) is 0. The van der Waals surface area contributed by atoms with Crippen LogP contribution in [-0.2, 0) is 6.42 Å². The number of rotatable bonds is 6. The van der Waals surface area contributed by atoms with E-state index >= 15 is 0 Å². The maximum atomic E-state index is 5.82. The maximum absolute atomic E-state index is 5.82. The fourth-order valence-corrected chi connectivity index (χ4v) is 2.98. The van der Waals surface area contributed by atoms with Crippen molar-refractivity contribution in [2.24, 2.45) is 0 Å². The van der Waals surface area contributed by atoms with Crippen molar-refractivity contribution in [1.82, 2.24) is 9.80 Å². The van der Waals surface area contributed by atoms with Gasteiger partial charge in [0.2, 0.25) is 0 Å². The SMILES string of the molecule is ClCCN1CCCN(CCCc2ccccc2)CC1. The van der Waals surface area contributed by atoms with Crippen molar-refractivity contribution < 1.29 is 0 Å². The molecule has 1 saturated heterocycles. The Kier molecular flexibility index (Phi) is 6.69. The molecular weight excluding hydrogens is 256 g/mol. The van der Waals surface area contributed by atoms with Crippen LogP contribution >= 0.6 is 11.6 Å². The molecule has 1 aliphatic heterocycles. The lowest BCUT2D eigenvalue weighted by Gasteiger charge is -2.21. The van der Waals surface area contributed by atoms with E-state index in [1.165, 1.54) is 57.5 Å². The van der Waals surface area contributed by atoms with Gasteiger partial charge in [0.1, 0.15) is 0 Å². The Morgan fingerprint density at radius 3 is 2.26 bits per heavy atom. The van der Waals surface area contributed by atoms with Crippen LogP contribution in [-0.4, -0.2) is 54.9 Å². The molecule has 2 rings (SSSR count). The molecule has 1 aromatic rings. The van der Waals surface area contributed by atoms with E-state index in [4.69, 9.17) is 11.6 Å². The van der Waals surface area contributed by atoms with Gasteiger partial charge in [-0.3, -0.25) is 0 Å². The summed E-state index contributed by atoms with van der Waals surface area (Å²) >= 11 is 5.82. The number of hydrogen-bond acceptors (Lipinski definition) is 2. The molecule has 1 aliphatic rings. The molecule has 0 atom stereocenters. The van der Waals surface area contributed by atoms with Gasteiger partial charge in [-0.1, -0.05) is 30.3 Å². The van der Waals surface area contributed by atoms with Crippen LogP contribution in [0.2, 0.25) is 0 Å². The molecule has 0 unspecified atom stereocenters. The van der Waals surface area contributed by atoms with Crippen molar-refractivity contribution in [3.8, 4) is 0 Å². The first-order valence-corrected chi connectivity index (χ1v) is 7.96. The van der Waals surface area contributed by atoms with E-state index in [1.54, 1.807) is 0 Å². The molecule has 0 spiro atoms. The minimum absolute atomic E-state index is 0.758. The fourth-order valence-electron chi connectivity index (χ4n) is 2.74. The average Bonchev–Trinajstić information content (AvgIpc) is 2.66. The number of aryl methyl sites for hydroxylation is 1. The van der Waals surface area contributed by atoms with Gasteiger partial charge >= 0.3 is 0 Å². The minimum atomic E-state index is 0.758. The number of alkyl halides is 1. The first-order chi connectivity index (χ1) is 9.38. The Balaban J connectivity index is 1.66. The van der Waals surface area contributed by atoms with Gasteiger partial charge in [0, 0.05) is 25.5 Å². The number of hydrogen-bond donors (Lipinski definition) is 0. The molecule has 1 heterocycles. The summed E-state index contributed by atoms with van der Waals surface area (Å²) in [6.07, 6.45) is 3.74. The Hall–Kier alpha value is -0.570. The Labute approximate surface area is 122 Å². The van der Waals surface area contributed by atoms with Gasteiger partial charge in [0.05, 0.1) is 0 Å². The lowest BCUT2D eigenvalue weighted by Crippen LogP contribution is -2.32. The molecule has 0 radical (unpaired) electrons. The zero-order valence-electron chi connectivity index (χ0n) is 11.7. The molecule has 1 fully saturated rings. The second-order valence-electron chi connectivity index (χ2n) is 5.31. The smallest absolute Gasteiger partial charge is 0.0351 e. The maximum Gasteiger partial charge on any atom is 0.0351 e. The van der Waals surface area contributed by atoms with Gasteiger partial charge in [-0.25, -0.2) is 0 Å². The highest BCUT2D eigenvalue weighted by Gasteiger charge is 2.13. The largest absolute Gasteiger partial charge is 0.302 e. The van der Waals surface area contributed by atoms with E-state index in [0.29, 0.717) is 0 Å². The van der Waals surface area contributed by atoms with Crippen molar-refractivity contribution >= 4 is 11.6 Å². The third kappa shape index (κ3) is 5.52. The Bertz CT molecular complexity index is 342. The molecule has 0 amide bonds. The second-order valence-corrected chi connectivity index (χ2v) is 5.69. The number of benzene rings is 1. The van der Waals surface area contributed by atoms with E-state index in [9.17, 15) is 0 Å². The highest BCUT2D eigenvalue weighted by atomic mass is 35.5.